The highest BCUT2D eigenvalue weighted by atomic mass is 31.0. The molecule has 116 valence electrons. The van der Waals surface area contributed by atoms with Crippen molar-refractivity contribution in [2.24, 2.45) is 0 Å². The molecule has 5 nitrogen and oxygen atoms in total. The number of nitrogens with zero attached hydrogens (tertiary/aromatic N) is 2. The van der Waals surface area contributed by atoms with Gasteiger partial charge in [0.1, 0.15) is 11.4 Å². The topological polar surface area (TPSA) is 66.6 Å². The first-order chi connectivity index (χ1) is 10.4. The minimum absolute atomic E-state index is 0.0917. The summed E-state index contributed by atoms with van der Waals surface area (Å²) >= 11 is 0. The van der Waals surface area contributed by atoms with Crippen molar-refractivity contribution in [3.8, 4) is 11.3 Å². The summed E-state index contributed by atoms with van der Waals surface area (Å²) in [7, 11) is 2.38. The summed E-state index contributed by atoms with van der Waals surface area (Å²) in [5.74, 6) is -0.319. The predicted molar refractivity (Wildman–Crippen MR) is 81.7 cm³/mol. The third-order valence-corrected chi connectivity index (χ3v) is 4.21. The molecule has 3 rings (SSSR count). The van der Waals surface area contributed by atoms with Crippen molar-refractivity contribution in [2.45, 2.75) is 24.7 Å². The average Bonchev–Trinajstić information content (AvgIpc) is 3.03. The fourth-order valence-corrected chi connectivity index (χ4v) is 3.30. The Kier molecular flexibility index (Phi) is 3.75. The second-order valence-electron chi connectivity index (χ2n) is 5.67. The normalized spacial score (nSPS) is 24.7. The van der Waals surface area contributed by atoms with Crippen molar-refractivity contribution < 1.29 is 18.8 Å². The Balaban J connectivity index is 1.92. The van der Waals surface area contributed by atoms with E-state index in [2.05, 4.69) is 14.4 Å². The summed E-state index contributed by atoms with van der Waals surface area (Å²) in [6, 6.07) is 5.57. The van der Waals surface area contributed by atoms with E-state index in [0.29, 0.717) is 23.3 Å². The van der Waals surface area contributed by atoms with Crippen LogP contribution in [0.15, 0.2) is 35.0 Å². The van der Waals surface area contributed by atoms with Gasteiger partial charge in [0.2, 0.25) is 0 Å². The quantitative estimate of drug-likeness (QED) is 0.862. The van der Waals surface area contributed by atoms with Crippen LogP contribution in [-0.4, -0.2) is 39.0 Å². The maximum atomic E-state index is 13.0. The lowest BCUT2D eigenvalue weighted by Crippen LogP contribution is -2.35. The van der Waals surface area contributed by atoms with Crippen molar-refractivity contribution in [3.05, 3.63) is 41.8 Å². The molecule has 1 aromatic heterocycles. The molecule has 1 amide bonds. The first-order valence-corrected chi connectivity index (χ1v) is 7.48. The van der Waals surface area contributed by atoms with Crippen LogP contribution in [-0.2, 0) is 0 Å². The molecule has 0 radical (unpaired) electrons. The van der Waals surface area contributed by atoms with Gasteiger partial charge in [0, 0.05) is 18.0 Å². The van der Waals surface area contributed by atoms with E-state index in [1.165, 1.54) is 30.5 Å². The fraction of sp³-hybridized carbons (Fsp3) is 0.333. The average molecular weight is 322 g/mol. The van der Waals surface area contributed by atoms with Crippen LogP contribution in [0, 0.1) is 5.82 Å². The number of likely N-dealkylation sites (tertiary alicyclic amines) is 1. The molecule has 2 heterocycles. The van der Waals surface area contributed by atoms with E-state index in [9.17, 15) is 14.3 Å². The molecule has 1 fully saturated rings. The molecule has 1 aromatic carbocycles. The van der Waals surface area contributed by atoms with Crippen LogP contribution in [0.3, 0.4) is 0 Å². The number of hydrogen-bond acceptors (Lipinski definition) is 4. The summed E-state index contributed by atoms with van der Waals surface area (Å²) in [5.41, 5.74) is 0.886. The van der Waals surface area contributed by atoms with Gasteiger partial charge in [0.05, 0.1) is 18.1 Å². The predicted octanol–water partition coefficient (Wildman–Crippen LogP) is 2.28. The standard InChI is InChI=1S/C15H16FN2O3P/c1-9-6-15(20,22)8-18(9)14(19)12-7-17-21-13(12)10-2-4-11(16)5-3-10/h2-5,7,9,20H,6,8,22H2,1H3. The number of β-amino-alcohol motifs (C(OH)–C–C–N with tert-alkyl or cyclic N) is 1. The summed E-state index contributed by atoms with van der Waals surface area (Å²) < 4.78 is 18.2. The number of halogens is 1. The molecule has 22 heavy (non-hydrogen) atoms. The molecule has 1 N–H and O–H groups in total. The molecule has 3 unspecified atom stereocenters. The van der Waals surface area contributed by atoms with Crippen LogP contribution in [0.1, 0.15) is 23.7 Å². The van der Waals surface area contributed by atoms with Gasteiger partial charge in [-0.15, -0.1) is 9.24 Å². The van der Waals surface area contributed by atoms with Gasteiger partial charge in [-0.05, 0) is 31.2 Å². The van der Waals surface area contributed by atoms with Crippen molar-refractivity contribution in [1.29, 1.82) is 0 Å². The number of hydrogen-bond donors (Lipinski definition) is 1. The third-order valence-electron chi connectivity index (χ3n) is 3.79. The van der Waals surface area contributed by atoms with Crippen LogP contribution in [0.5, 0.6) is 0 Å². The maximum Gasteiger partial charge on any atom is 0.259 e. The molecule has 1 aliphatic rings. The number of aliphatic hydroxyl groups is 1. The van der Waals surface area contributed by atoms with Crippen LogP contribution in [0.25, 0.3) is 11.3 Å². The minimum Gasteiger partial charge on any atom is -0.384 e. The van der Waals surface area contributed by atoms with Crippen molar-refractivity contribution >= 4 is 15.1 Å². The van der Waals surface area contributed by atoms with Crippen LogP contribution in [0.4, 0.5) is 4.39 Å². The van der Waals surface area contributed by atoms with Crippen molar-refractivity contribution in [1.82, 2.24) is 10.1 Å². The summed E-state index contributed by atoms with van der Waals surface area (Å²) in [6.07, 6.45) is 1.84. The lowest BCUT2D eigenvalue weighted by atomic mass is 10.1. The highest BCUT2D eigenvalue weighted by Crippen LogP contribution is 2.34. The zero-order valence-corrected chi connectivity index (χ0v) is 13.1. The van der Waals surface area contributed by atoms with Gasteiger partial charge in [-0.3, -0.25) is 4.79 Å². The molecule has 0 aliphatic carbocycles. The molecular formula is C15H16FN2O3P. The molecule has 3 atom stereocenters. The van der Waals surface area contributed by atoms with Gasteiger partial charge in [0.25, 0.3) is 5.91 Å². The first kappa shape index (κ1) is 15.1. The van der Waals surface area contributed by atoms with E-state index in [1.807, 2.05) is 6.92 Å². The summed E-state index contributed by atoms with van der Waals surface area (Å²) in [6.45, 7) is 2.11. The Bertz CT molecular complexity index is 699. The lowest BCUT2D eigenvalue weighted by Gasteiger charge is -2.21. The van der Waals surface area contributed by atoms with E-state index in [0.717, 1.165) is 0 Å². The maximum absolute atomic E-state index is 13.0. The Morgan fingerprint density at radius 1 is 1.50 bits per heavy atom. The Morgan fingerprint density at radius 3 is 2.77 bits per heavy atom. The van der Waals surface area contributed by atoms with E-state index in [1.54, 1.807) is 4.90 Å². The number of carbonyl (C=O) groups excluding carboxylic acids is 1. The van der Waals surface area contributed by atoms with E-state index in [-0.39, 0.29) is 24.3 Å². The van der Waals surface area contributed by atoms with E-state index < -0.39 is 5.34 Å². The van der Waals surface area contributed by atoms with Crippen LogP contribution < -0.4 is 0 Å². The monoisotopic (exact) mass is 322 g/mol. The number of amides is 1. The second-order valence-corrected chi connectivity index (χ2v) is 6.74. The fourth-order valence-electron chi connectivity index (χ4n) is 2.77. The molecule has 1 aliphatic heterocycles. The van der Waals surface area contributed by atoms with Gasteiger partial charge < -0.3 is 14.5 Å². The molecule has 0 bridgehead atoms. The van der Waals surface area contributed by atoms with E-state index >= 15 is 0 Å². The Labute approximate surface area is 129 Å². The second kappa shape index (κ2) is 5.45. The molecule has 1 saturated heterocycles. The van der Waals surface area contributed by atoms with Gasteiger partial charge in [-0.1, -0.05) is 5.16 Å². The summed E-state index contributed by atoms with van der Waals surface area (Å²) in [4.78, 5) is 14.3. The minimum atomic E-state index is -0.970. The number of rotatable bonds is 2. The smallest absolute Gasteiger partial charge is 0.259 e. The Morgan fingerprint density at radius 2 is 2.18 bits per heavy atom. The van der Waals surface area contributed by atoms with Gasteiger partial charge >= 0.3 is 0 Å². The zero-order chi connectivity index (χ0) is 15.9. The lowest BCUT2D eigenvalue weighted by molar-refractivity contribution is 0.0711. The summed E-state index contributed by atoms with van der Waals surface area (Å²) in [5, 5.41) is 12.8. The van der Waals surface area contributed by atoms with Gasteiger partial charge in [0.15, 0.2) is 5.76 Å². The van der Waals surface area contributed by atoms with Crippen molar-refractivity contribution in [3.63, 3.8) is 0 Å². The SMILES string of the molecule is CC1CC(O)(P)CN1C(=O)c1cnoc1-c1ccc(F)cc1. The highest BCUT2D eigenvalue weighted by molar-refractivity contribution is 7.18. The number of carbonyl (C=O) groups is 1. The Hall–Kier alpha value is -1.78. The van der Waals surface area contributed by atoms with Gasteiger partial charge in [-0.2, -0.15) is 0 Å². The van der Waals surface area contributed by atoms with Crippen molar-refractivity contribution in [2.75, 3.05) is 6.54 Å². The van der Waals surface area contributed by atoms with E-state index in [4.69, 9.17) is 4.52 Å². The highest BCUT2D eigenvalue weighted by Gasteiger charge is 2.40. The van der Waals surface area contributed by atoms with Gasteiger partial charge in [-0.25, -0.2) is 4.39 Å². The molecule has 7 heteroatoms. The number of aromatic nitrogens is 1. The third kappa shape index (κ3) is 2.76. The van der Waals surface area contributed by atoms with Crippen LogP contribution >= 0.6 is 9.24 Å². The number of benzene rings is 1. The molecule has 0 saturated carbocycles. The zero-order valence-electron chi connectivity index (χ0n) is 12.0. The van der Waals surface area contributed by atoms with Crippen LogP contribution in [0.2, 0.25) is 0 Å². The molecular weight excluding hydrogens is 306 g/mol. The first-order valence-electron chi connectivity index (χ1n) is 6.90. The largest absolute Gasteiger partial charge is 0.384 e. The molecule has 0 spiro atoms. The molecule has 2 aromatic rings.